The summed E-state index contributed by atoms with van der Waals surface area (Å²) in [6.45, 7) is 4.53. The predicted octanol–water partition coefficient (Wildman–Crippen LogP) is 4.10. The van der Waals surface area contributed by atoms with Crippen LogP contribution in [0.2, 0.25) is 0 Å². The normalized spacial score (nSPS) is 22.7. The van der Waals surface area contributed by atoms with Gasteiger partial charge in [-0.3, -0.25) is 4.79 Å². The predicted molar refractivity (Wildman–Crippen MR) is 109 cm³/mol. The Morgan fingerprint density at radius 3 is 2.68 bits per heavy atom. The zero-order chi connectivity index (χ0) is 19.3. The Balaban J connectivity index is 1.67. The van der Waals surface area contributed by atoms with Crippen LogP contribution in [0, 0.1) is 11.8 Å². The molecule has 142 valence electrons. The molecule has 5 rings (SSSR count). The molecule has 1 aliphatic carbocycles. The van der Waals surface area contributed by atoms with Crippen LogP contribution in [0.4, 0.5) is 0 Å². The van der Waals surface area contributed by atoms with Crippen LogP contribution in [0.15, 0.2) is 53.6 Å². The first-order valence-corrected chi connectivity index (χ1v) is 9.96. The van der Waals surface area contributed by atoms with Crippen molar-refractivity contribution >= 4 is 16.7 Å². The minimum absolute atomic E-state index is 0.0744. The maximum Gasteiger partial charge on any atom is 0.280 e. The lowest BCUT2D eigenvalue weighted by molar-refractivity contribution is 0.183. The molecule has 6 heteroatoms. The highest BCUT2D eigenvalue weighted by Crippen LogP contribution is 2.37. The van der Waals surface area contributed by atoms with Crippen LogP contribution < -0.4 is 5.56 Å². The monoisotopic (exact) mass is 373 g/mol. The first kappa shape index (κ1) is 17.1. The van der Waals surface area contributed by atoms with Gasteiger partial charge in [0.25, 0.3) is 5.56 Å². The Morgan fingerprint density at radius 1 is 1.04 bits per heavy atom. The van der Waals surface area contributed by atoms with Crippen molar-refractivity contribution in [3.63, 3.8) is 0 Å². The Kier molecular flexibility index (Phi) is 4.00. The summed E-state index contributed by atoms with van der Waals surface area (Å²) in [5.74, 6) is 1.09. The Bertz CT molecular complexity index is 1210. The maximum atomic E-state index is 13.2. The molecule has 1 fully saturated rings. The Morgan fingerprint density at radius 2 is 1.86 bits per heavy atom. The number of rotatable bonds is 2. The van der Waals surface area contributed by atoms with Gasteiger partial charge in [0.15, 0.2) is 11.2 Å². The minimum atomic E-state index is -0.0744. The number of aromatic nitrogens is 5. The topological polar surface area (TPSA) is 65.1 Å². The molecule has 6 nitrogen and oxygen atoms in total. The molecule has 0 amide bonds. The van der Waals surface area contributed by atoms with E-state index < -0.39 is 0 Å². The average Bonchev–Trinajstić information content (AvgIpc) is 3.16. The van der Waals surface area contributed by atoms with Crippen LogP contribution >= 0.6 is 0 Å². The van der Waals surface area contributed by atoms with E-state index in [4.69, 9.17) is 0 Å². The van der Waals surface area contributed by atoms with E-state index in [1.165, 1.54) is 6.42 Å². The third kappa shape index (κ3) is 2.55. The summed E-state index contributed by atoms with van der Waals surface area (Å²) in [4.78, 5) is 13.2. The number of nitrogens with zero attached hydrogens (tertiary/aromatic N) is 5. The van der Waals surface area contributed by atoms with E-state index in [2.05, 4.69) is 29.1 Å². The zero-order valence-electron chi connectivity index (χ0n) is 16.1. The van der Waals surface area contributed by atoms with Crippen molar-refractivity contribution < 1.29 is 0 Å². The van der Waals surface area contributed by atoms with Gasteiger partial charge in [-0.15, -0.1) is 10.2 Å². The fourth-order valence-electron chi connectivity index (χ4n) is 4.54. The molecule has 1 saturated carbocycles. The van der Waals surface area contributed by atoms with Crippen LogP contribution in [0.5, 0.6) is 0 Å². The van der Waals surface area contributed by atoms with Gasteiger partial charge in [0.1, 0.15) is 5.52 Å². The molecule has 0 N–H and O–H groups in total. The van der Waals surface area contributed by atoms with Gasteiger partial charge in [-0.05, 0) is 29.9 Å². The van der Waals surface area contributed by atoms with Crippen LogP contribution in [0.25, 0.3) is 27.8 Å². The molecule has 0 aliphatic heterocycles. The zero-order valence-corrected chi connectivity index (χ0v) is 16.1. The highest BCUT2D eigenvalue weighted by molar-refractivity contribution is 5.82. The highest BCUT2D eigenvalue weighted by atomic mass is 16.1. The molecule has 4 aromatic rings. The fraction of sp³-hybridized carbons (Fsp3) is 0.364. The van der Waals surface area contributed by atoms with Crippen LogP contribution in [-0.2, 0) is 0 Å². The highest BCUT2D eigenvalue weighted by Gasteiger charge is 2.29. The van der Waals surface area contributed by atoms with Crippen molar-refractivity contribution in [2.45, 2.75) is 39.2 Å². The summed E-state index contributed by atoms with van der Waals surface area (Å²) in [6.07, 6.45) is 7.12. The standard InChI is InChI=1S/C22H23N5O/c1-14-7-6-10-18(15(14)2)26-12-11-19-20(22(26)28)24-25-21-17(13-23-27(19)21)16-8-4-3-5-9-16/h3-5,8-9,11-15,18H,6-7,10H2,1-2H3. The molecule has 0 bridgehead atoms. The Hall–Kier alpha value is -3.02. The van der Waals surface area contributed by atoms with Gasteiger partial charge in [0.2, 0.25) is 0 Å². The van der Waals surface area contributed by atoms with Crippen LogP contribution in [0.3, 0.4) is 0 Å². The van der Waals surface area contributed by atoms with Crippen molar-refractivity contribution in [2.75, 3.05) is 0 Å². The molecule has 3 unspecified atom stereocenters. The molecule has 28 heavy (non-hydrogen) atoms. The summed E-state index contributed by atoms with van der Waals surface area (Å²) in [6, 6.07) is 12.2. The van der Waals surface area contributed by atoms with E-state index in [0.29, 0.717) is 28.5 Å². The largest absolute Gasteiger partial charge is 0.310 e. The second-order valence-corrected chi connectivity index (χ2v) is 7.96. The summed E-state index contributed by atoms with van der Waals surface area (Å²) < 4.78 is 3.59. The van der Waals surface area contributed by atoms with Crippen LogP contribution in [-0.4, -0.2) is 24.4 Å². The summed E-state index contributed by atoms with van der Waals surface area (Å²) in [5.41, 5.74) is 3.61. The molecule has 1 aliphatic rings. The molecule has 3 heterocycles. The van der Waals surface area contributed by atoms with E-state index in [1.54, 1.807) is 10.7 Å². The van der Waals surface area contributed by atoms with E-state index >= 15 is 0 Å². The van der Waals surface area contributed by atoms with Crippen molar-refractivity contribution in [3.8, 4) is 11.1 Å². The van der Waals surface area contributed by atoms with Gasteiger partial charge < -0.3 is 4.57 Å². The average molecular weight is 373 g/mol. The smallest absolute Gasteiger partial charge is 0.280 e. The SMILES string of the molecule is CC1CCCC(n2ccc3c(nnc4c(-c5ccccc5)cnn43)c2=O)C1C. The molecular weight excluding hydrogens is 350 g/mol. The minimum Gasteiger partial charge on any atom is -0.310 e. The Labute approximate surface area is 162 Å². The molecule has 0 spiro atoms. The van der Waals surface area contributed by atoms with Gasteiger partial charge in [0.05, 0.1) is 6.20 Å². The summed E-state index contributed by atoms with van der Waals surface area (Å²) in [7, 11) is 0. The number of fused-ring (bicyclic) bond motifs is 3. The van der Waals surface area contributed by atoms with E-state index in [9.17, 15) is 4.79 Å². The first-order chi connectivity index (χ1) is 13.6. The van der Waals surface area contributed by atoms with Crippen LogP contribution in [0.1, 0.15) is 39.2 Å². The third-order valence-electron chi connectivity index (χ3n) is 6.40. The number of benzene rings is 1. The van der Waals surface area contributed by atoms with Gasteiger partial charge >= 0.3 is 0 Å². The lowest BCUT2D eigenvalue weighted by Crippen LogP contribution is -2.34. The summed E-state index contributed by atoms with van der Waals surface area (Å²) in [5, 5.41) is 13.2. The van der Waals surface area contributed by atoms with Gasteiger partial charge in [-0.2, -0.15) is 5.10 Å². The maximum absolute atomic E-state index is 13.2. The first-order valence-electron chi connectivity index (χ1n) is 9.96. The lowest BCUT2D eigenvalue weighted by Gasteiger charge is -2.35. The molecular formula is C22H23N5O. The molecule has 0 saturated heterocycles. The van der Waals surface area contributed by atoms with Crippen molar-refractivity contribution in [2.24, 2.45) is 11.8 Å². The fourth-order valence-corrected chi connectivity index (χ4v) is 4.54. The van der Waals surface area contributed by atoms with Crippen molar-refractivity contribution in [1.29, 1.82) is 0 Å². The molecule has 0 radical (unpaired) electrons. The molecule has 3 aromatic heterocycles. The lowest BCUT2D eigenvalue weighted by atomic mass is 9.78. The van der Waals surface area contributed by atoms with Crippen molar-refractivity contribution in [1.82, 2.24) is 24.4 Å². The second-order valence-electron chi connectivity index (χ2n) is 7.96. The van der Waals surface area contributed by atoms with Gasteiger partial charge in [0, 0.05) is 17.8 Å². The van der Waals surface area contributed by atoms with Crippen molar-refractivity contribution in [3.05, 3.63) is 59.1 Å². The molecule has 1 aromatic carbocycles. The van der Waals surface area contributed by atoms with E-state index in [1.807, 2.05) is 47.2 Å². The van der Waals surface area contributed by atoms with Gasteiger partial charge in [-0.25, -0.2) is 4.52 Å². The quantitative estimate of drug-likeness (QED) is 0.530. The number of pyridine rings is 1. The van der Waals surface area contributed by atoms with E-state index in [0.717, 1.165) is 24.0 Å². The summed E-state index contributed by atoms with van der Waals surface area (Å²) >= 11 is 0. The second kappa shape index (κ2) is 6.55. The van der Waals surface area contributed by atoms with E-state index in [-0.39, 0.29) is 11.6 Å². The third-order valence-corrected chi connectivity index (χ3v) is 6.40. The van der Waals surface area contributed by atoms with Gasteiger partial charge in [-0.1, -0.05) is 57.0 Å². The number of hydrogen-bond acceptors (Lipinski definition) is 4. The molecule has 3 atom stereocenters. The number of hydrogen-bond donors (Lipinski definition) is 0.